The fourth-order valence-corrected chi connectivity index (χ4v) is 5.44. The van der Waals surface area contributed by atoms with Gasteiger partial charge >= 0.3 is 5.97 Å². The molecule has 1 unspecified atom stereocenters. The fourth-order valence-electron chi connectivity index (χ4n) is 5.44. The average molecular weight is 545 g/mol. The molecule has 0 amide bonds. The largest absolute Gasteiger partial charge is 0.494 e. The Kier molecular flexibility index (Phi) is 14.7. The van der Waals surface area contributed by atoms with Crippen LogP contribution in [0, 0.1) is 0 Å². The second-order valence-corrected chi connectivity index (χ2v) is 11.2. The molecular formula is C37H52O3. The Morgan fingerprint density at radius 3 is 2.15 bits per heavy atom. The Morgan fingerprint density at radius 2 is 1.38 bits per heavy atom. The van der Waals surface area contributed by atoms with Crippen molar-refractivity contribution in [1.29, 1.82) is 0 Å². The monoisotopic (exact) mass is 544 g/mol. The zero-order valence-corrected chi connectivity index (χ0v) is 25.4. The highest BCUT2D eigenvalue weighted by Gasteiger charge is 2.19. The van der Waals surface area contributed by atoms with Gasteiger partial charge in [0.05, 0.1) is 12.2 Å². The van der Waals surface area contributed by atoms with Gasteiger partial charge in [0.1, 0.15) is 11.9 Å². The molecule has 0 N–H and O–H groups in total. The van der Waals surface area contributed by atoms with Crippen molar-refractivity contribution >= 4 is 16.7 Å². The van der Waals surface area contributed by atoms with Crippen LogP contribution in [0.1, 0.15) is 126 Å². The number of carbonyl (C=O) groups is 1. The van der Waals surface area contributed by atoms with Crippen LogP contribution in [0.5, 0.6) is 5.75 Å². The van der Waals surface area contributed by atoms with Crippen LogP contribution in [-0.2, 0) is 17.6 Å². The molecule has 0 aliphatic carbocycles. The lowest BCUT2D eigenvalue weighted by molar-refractivity contribution is 0.0265. The van der Waals surface area contributed by atoms with E-state index in [0.717, 1.165) is 49.8 Å². The lowest BCUT2D eigenvalue weighted by Crippen LogP contribution is -2.19. The van der Waals surface area contributed by atoms with Crippen molar-refractivity contribution in [1.82, 2.24) is 0 Å². The summed E-state index contributed by atoms with van der Waals surface area (Å²) in [5.74, 6) is 0.552. The lowest BCUT2D eigenvalue weighted by atomic mass is 9.96. The molecule has 218 valence electrons. The third kappa shape index (κ3) is 10.6. The predicted octanol–water partition coefficient (Wildman–Crippen LogP) is 10.7. The number of unbranched alkanes of at least 4 members (excludes halogenated alkanes) is 9. The van der Waals surface area contributed by atoms with E-state index in [1.165, 1.54) is 74.1 Å². The Balaban J connectivity index is 1.66. The van der Waals surface area contributed by atoms with Crippen LogP contribution in [0.2, 0.25) is 0 Å². The third-order valence-electron chi connectivity index (χ3n) is 7.97. The molecule has 0 aliphatic heterocycles. The van der Waals surface area contributed by atoms with Gasteiger partial charge in [0.15, 0.2) is 0 Å². The number of benzene rings is 3. The highest BCUT2D eigenvalue weighted by Crippen LogP contribution is 2.25. The number of esters is 1. The van der Waals surface area contributed by atoms with Crippen molar-refractivity contribution < 1.29 is 14.3 Å². The molecule has 3 aromatic rings. The number of fused-ring (bicyclic) bond motifs is 1. The summed E-state index contributed by atoms with van der Waals surface area (Å²) in [5.41, 5.74) is 2.99. The molecule has 0 spiro atoms. The maximum absolute atomic E-state index is 13.5. The van der Waals surface area contributed by atoms with Crippen LogP contribution in [-0.4, -0.2) is 18.7 Å². The lowest BCUT2D eigenvalue weighted by Gasteiger charge is -2.18. The molecule has 0 saturated heterocycles. The second-order valence-electron chi connectivity index (χ2n) is 11.2. The van der Waals surface area contributed by atoms with Gasteiger partial charge in [-0.05, 0) is 72.6 Å². The maximum atomic E-state index is 13.5. The Morgan fingerprint density at radius 1 is 0.700 bits per heavy atom. The van der Waals surface area contributed by atoms with Crippen LogP contribution < -0.4 is 4.74 Å². The van der Waals surface area contributed by atoms with Crippen LogP contribution in [0.15, 0.2) is 60.7 Å². The quantitative estimate of drug-likeness (QED) is 0.105. The second kappa shape index (κ2) is 18.5. The third-order valence-corrected chi connectivity index (χ3v) is 7.97. The highest BCUT2D eigenvalue weighted by molar-refractivity contribution is 5.92. The number of hydrogen-bond acceptors (Lipinski definition) is 3. The molecule has 3 aromatic carbocycles. The van der Waals surface area contributed by atoms with E-state index in [9.17, 15) is 4.79 Å². The van der Waals surface area contributed by atoms with Gasteiger partial charge in [-0.15, -0.1) is 0 Å². The predicted molar refractivity (Wildman–Crippen MR) is 170 cm³/mol. The number of ether oxygens (including phenoxy) is 2. The van der Waals surface area contributed by atoms with Gasteiger partial charge < -0.3 is 9.47 Å². The summed E-state index contributed by atoms with van der Waals surface area (Å²) in [5, 5.41) is 2.53. The summed E-state index contributed by atoms with van der Waals surface area (Å²) >= 11 is 0. The summed E-state index contributed by atoms with van der Waals surface area (Å²) in [6.07, 6.45) is 17.0. The Labute approximate surface area is 243 Å². The van der Waals surface area contributed by atoms with E-state index in [4.69, 9.17) is 9.47 Å². The molecule has 3 rings (SSSR count). The van der Waals surface area contributed by atoms with Crippen molar-refractivity contribution in [2.75, 3.05) is 6.61 Å². The smallest absolute Gasteiger partial charge is 0.338 e. The van der Waals surface area contributed by atoms with Crippen molar-refractivity contribution in [2.24, 2.45) is 0 Å². The summed E-state index contributed by atoms with van der Waals surface area (Å²) in [7, 11) is 0. The van der Waals surface area contributed by atoms with Crippen LogP contribution in [0.3, 0.4) is 0 Å². The van der Waals surface area contributed by atoms with Gasteiger partial charge in [-0.2, -0.15) is 0 Å². The number of carbonyl (C=O) groups excluding carboxylic acids is 1. The van der Waals surface area contributed by atoms with Crippen molar-refractivity contribution in [3.63, 3.8) is 0 Å². The summed E-state index contributed by atoms with van der Waals surface area (Å²) in [4.78, 5) is 13.5. The molecule has 0 radical (unpaired) electrons. The first-order valence-corrected chi connectivity index (χ1v) is 16.1. The topological polar surface area (TPSA) is 35.5 Å². The molecule has 0 aromatic heterocycles. The normalized spacial score (nSPS) is 12.0. The van der Waals surface area contributed by atoms with E-state index in [0.29, 0.717) is 12.2 Å². The molecule has 0 bridgehead atoms. The molecular weight excluding hydrogens is 492 g/mol. The molecule has 3 nitrogen and oxygen atoms in total. The minimum Gasteiger partial charge on any atom is -0.494 e. The molecule has 0 saturated carbocycles. The van der Waals surface area contributed by atoms with Gasteiger partial charge in [0.2, 0.25) is 0 Å². The van der Waals surface area contributed by atoms with Gasteiger partial charge in [0, 0.05) is 0 Å². The van der Waals surface area contributed by atoms with E-state index in [2.05, 4.69) is 69.3 Å². The zero-order chi connectivity index (χ0) is 28.4. The highest BCUT2D eigenvalue weighted by atomic mass is 16.5. The van der Waals surface area contributed by atoms with Gasteiger partial charge in [0.25, 0.3) is 0 Å². The van der Waals surface area contributed by atoms with Gasteiger partial charge in [-0.1, -0.05) is 127 Å². The summed E-state index contributed by atoms with van der Waals surface area (Å²) in [6.45, 7) is 7.26. The first kappa shape index (κ1) is 31.7. The van der Waals surface area contributed by atoms with Gasteiger partial charge in [-0.25, -0.2) is 4.79 Å². The molecule has 3 heteroatoms. The molecule has 0 aliphatic rings. The molecule has 1 atom stereocenters. The van der Waals surface area contributed by atoms with E-state index < -0.39 is 0 Å². The average Bonchev–Trinajstić information content (AvgIpc) is 2.99. The fraction of sp³-hybridized carbons (Fsp3) is 0.541. The Bertz CT molecular complexity index is 1130. The van der Waals surface area contributed by atoms with E-state index in [1.807, 2.05) is 12.1 Å². The van der Waals surface area contributed by atoms with Gasteiger partial charge in [-0.3, -0.25) is 0 Å². The van der Waals surface area contributed by atoms with Crippen molar-refractivity contribution in [3.8, 4) is 5.75 Å². The van der Waals surface area contributed by atoms with Crippen molar-refractivity contribution in [2.45, 2.75) is 123 Å². The number of rotatable bonds is 20. The minimum absolute atomic E-state index is 0.0353. The molecule has 0 heterocycles. The standard InChI is InChI=1S/C37H52O3/c1-4-7-9-10-11-12-13-17-28-39-34-27-26-32(25-24-31-21-18-20-30-19-15-16-23-35(30)31)36(29-34)37(38)40-33(6-3)22-14-8-5-2/h15-16,18-21,23,26-27,29,33H,4-14,17,22,24-25,28H2,1-3H3. The first-order chi connectivity index (χ1) is 19.7. The van der Waals surface area contributed by atoms with Crippen molar-refractivity contribution in [3.05, 3.63) is 77.4 Å². The zero-order valence-electron chi connectivity index (χ0n) is 25.4. The molecule has 0 fully saturated rings. The van der Waals surface area contributed by atoms with Crippen LogP contribution in [0.4, 0.5) is 0 Å². The van der Waals surface area contributed by atoms with E-state index >= 15 is 0 Å². The number of aryl methyl sites for hydroxylation is 2. The minimum atomic E-state index is -0.214. The van der Waals surface area contributed by atoms with Crippen LogP contribution in [0.25, 0.3) is 10.8 Å². The SMILES string of the molecule is CCCCCCCCCCOc1ccc(CCc2cccc3ccccc23)c(C(=O)OC(CC)CCCCC)c1. The first-order valence-electron chi connectivity index (χ1n) is 16.1. The number of hydrogen-bond donors (Lipinski definition) is 0. The Hall–Kier alpha value is -2.81. The summed E-state index contributed by atoms with van der Waals surface area (Å²) in [6, 6.07) is 21.0. The maximum Gasteiger partial charge on any atom is 0.338 e. The van der Waals surface area contributed by atoms with E-state index in [1.54, 1.807) is 0 Å². The molecule has 40 heavy (non-hydrogen) atoms. The van der Waals surface area contributed by atoms with E-state index in [-0.39, 0.29) is 12.1 Å². The van der Waals surface area contributed by atoms with Crippen LogP contribution >= 0.6 is 0 Å². The summed E-state index contributed by atoms with van der Waals surface area (Å²) < 4.78 is 12.2.